The lowest BCUT2D eigenvalue weighted by atomic mass is 10.2. The zero-order chi connectivity index (χ0) is 12.0. The van der Waals surface area contributed by atoms with Crippen LogP contribution >= 0.6 is 0 Å². The molecule has 6 nitrogen and oxygen atoms in total. The second-order valence-electron chi connectivity index (χ2n) is 3.19. The van der Waals surface area contributed by atoms with E-state index in [4.69, 9.17) is 10.2 Å². The zero-order valence-electron chi connectivity index (χ0n) is 8.46. The van der Waals surface area contributed by atoms with Gasteiger partial charge in [0, 0.05) is 12.7 Å². The van der Waals surface area contributed by atoms with Gasteiger partial charge in [-0.05, 0) is 12.1 Å². The SMILES string of the molecule is O=C(O)C[C@H](NCc1ccccn1)C(=O)O. The summed E-state index contributed by atoms with van der Waals surface area (Å²) in [5.41, 5.74) is 0.666. The lowest BCUT2D eigenvalue weighted by Gasteiger charge is -2.11. The fourth-order valence-electron chi connectivity index (χ4n) is 1.15. The Morgan fingerprint density at radius 1 is 1.38 bits per heavy atom. The van der Waals surface area contributed by atoms with Gasteiger partial charge in [-0.25, -0.2) is 0 Å². The molecule has 1 heterocycles. The van der Waals surface area contributed by atoms with Crippen molar-refractivity contribution in [2.75, 3.05) is 0 Å². The second-order valence-corrected chi connectivity index (χ2v) is 3.19. The Kier molecular flexibility index (Phi) is 4.41. The molecule has 0 aromatic carbocycles. The molecule has 6 heteroatoms. The Bertz CT molecular complexity index is 366. The van der Waals surface area contributed by atoms with Crippen molar-refractivity contribution in [3.05, 3.63) is 30.1 Å². The quantitative estimate of drug-likeness (QED) is 0.633. The molecule has 1 aromatic rings. The molecule has 0 saturated carbocycles. The Balaban J connectivity index is 2.50. The van der Waals surface area contributed by atoms with Gasteiger partial charge in [-0.2, -0.15) is 0 Å². The number of aliphatic carboxylic acids is 2. The molecular formula is C10H12N2O4. The maximum Gasteiger partial charge on any atom is 0.321 e. The number of hydrogen-bond acceptors (Lipinski definition) is 4. The van der Waals surface area contributed by atoms with Crippen LogP contribution in [0.4, 0.5) is 0 Å². The minimum absolute atomic E-state index is 0.227. The Morgan fingerprint density at radius 2 is 2.12 bits per heavy atom. The van der Waals surface area contributed by atoms with Crippen LogP contribution in [-0.2, 0) is 16.1 Å². The molecule has 0 spiro atoms. The maximum absolute atomic E-state index is 10.7. The van der Waals surface area contributed by atoms with E-state index in [0.29, 0.717) is 5.69 Å². The largest absolute Gasteiger partial charge is 0.481 e. The highest BCUT2D eigenvalue weighted by Crippen LogP contribution is 1.97. The Hall–Kier alpha value is -1.95. The summed E-state index contributed by atoms with van der Waals surface area (Å²) in [6.45, 7) is 0.227. The molecule has 0 aliphatic rings. The van der Waals surface area contributed by atoms with Crippen LogP contribution in [0.3, 0.4) is 0 Å². The van der Waals surface area contributed by atoms with Crippen LogP contribution in [0, 0.1) is 0 Å². The van der Waals surface area contributed by atoms with Gasteiger partial charge in [0.25, 0.3) is 0 Å². The zero-order valence-corrected chi connectivity index (χ0v) is 8.46. The average Bonchev–Trinajstić information content (AvgIpc) is 2.25. The number of carboxylic acid groups (broad SMARTS) is 2. The number of carboxylic acids is 2. The van der Waals surface area contributed by atoms with Gasteiger partial charge in [-0.1, -0.05) is 6.07 Å². The lowest BCUT2D eigenvalue weighted by Crippen LogP contribution is -2.38. The normalized spacial score (nSPS) is 12.0. The molecule has 0 saturated heterocycles. The van der Waals surface area contributed by atoms with Gasteiger partial charge in [-0.15, -0.1) is 0 Å². The third-order valence-electron chi connectivity index (χ3n) is 1.93. The van der Waals surface area contributed by atoms with Crippen molar-refractivity contribution in [1.29, 1.82) is 0 Å². The Labute approximate surface area is 91.9 Å². The minimum atomic E-state index is -1.18. The molecule has 3 N–H and O–H groups in total. The molecule has 0 radical (unpaired) electrons. The molecule has 1 rings (SSSR count). The van der Waals surface area contributed by atoms with Crippen molar-refractivity contribution >= 4 is 11.9 Å². The molecule has 16 heavy (non-hydrogen) atoms. The van der Waals surface area contributed by atoms with E-state index in [0.717, 1.165) is 0 Å². The molecule has 86 valence electrons. The van der Waals surface area contributed by atoms with E-state index in [1.807, 2.05) is 0 Å². The summed E-state index contributed by atoms with van der Waals surface area (Å²) in [4.78, 5) is 25.1. The molecule has 1 atom stereocenters. The first kappa shape index (κ1) is 12.1. The van der Waals surface area contributed by atoms with Gasteiger partial charge >= 0.3 is 11.9 Å². The number of nitrogens with zero attached hydrogens (tertiary/aromatic N) is 1. The van der Waals surface area contributed by atoms with Gasteiger partial charge < -0.3 is 10.2 Å². The van der Waals surface area contributed by atoms with Crippen LogP contribution in [0.15, 0.2) is 24.4 Å². The van der Waals surface area contributed by atoms with Gasteiger partial charge in [-0.3, -0.25) is 19.9 Å². The molecule has 1 aromatic heterocycles. The molecule has 0 amide bonds. The summed E-state index contributed by atoms with van der Waals surface area (Å²) < 4.78 is 0. The fraction of sp³-hybridized carbons (Fsp3) is 0.300. The lowest BCUT2D eigenvalue weighted by molar-refractivity contribution is -0.146. The van der Waals surface area contributed by atoms with Crippen LogP contribution in [0.1, 0.15) is 12.1 Å². The molecule has 0 aliphatic heterocycles. The third-order valence-corrected chi connectivity index (χ3v) is 1.93. The summed E-state index contributed by atoms with van der Waals surface area (Å²) in [6, 6.07) is 4.15. The highest BCUT2D eigenvalue weighted by atomic mass is 16.4. The standard InChI is InChI=1S/C10H12N2O4/c13-9(14)5-8(10(15)16)12-6-7-3-1-2-4-11-7/h1-4,8,12H,5-6H2,(H,13,14)(H,15,16)/t8-/m0/s1. The van der Waals surface area contributed by atoms with E-state index in [9.17, 15) is 9.59 Å². The number of aromatic nitrogens is 1. The van der Waals surface area contributed by atoms with E-state index >= 15 is 0 Å². The van der Waals surface area contributed by atoms with E-state index in [2.05, 4.69) is 10.3 Å². The van der Waals surface area contributed by atoms with E-state index < -0.39 is 24.4 Å². The summed E-state index contributed by atoms with van der Waals surface area (Å²) in [5, 5.41) is 19.9. The highest BCUT2D eigenvalue weighted by molar-refractivity contribution is 5.80. The minimum Gasteiger partial charge on any atom is -0.481 e. The average molecular weight is 224 g/mol. The third kappa shape index (κ3) is 4.05. The predicted octanol–water partition coefficient (Wildman–Crippen LogP) is 0.0991. The van der Waals surface area contributed by atoms with E-state index in [1.165, 1.54) is 0 Å². The van der Waals surface area contributed by atoms with Crippen molar-refractivity contribution in [3.8, 4) is 0 Å². The summed E-state index contributed by atoms with van der Waals surface area (Å²) in [5.74, 6) is -2.33. The monoisotopic (exact) mass is 224 g/mol. The number of carbonyl (C=O) groups is 2. The predicted molar refractivity (Wildman–Crippen MR) is 54.8 cm³/mol. The van der Waals surface area contributed by atoms with Crippen molar-refractivity contribution in [2.24, 2.45) is 0 Å². The molecular weight excluding hydrogens is 212 g/mol. The first-order chi connectivity index (χ1) is 7.59. The van der Waals surface area contributed by atoms with Crippen LogP contribution in [0.2, 0.25) is 0 Å². The van der Waals surface area contributed by atoms with E-state index in [-0.39, 0.29) is 6.54 Å². The fourth-order valence-corrected chi connectivity index (χ4v) is 1.15. The molecule has 0 bridgehead atoms. The topological polar surface area (TPSA) is 99.5 Å². The van der Waals surface area contributed by atoms with E-state index in [1.54, 1.807) is 24.4 Å². The number of pyridine rings is 1. The van der Waals surface area contributed by atoms with Gasteiger partial charge in [0.2, 0.25) is 0 Å². The summed E-state index contributed by atoms with van der Waals surface area (Å²) in [7, 11) is 0. The van der Waals surface area contributed by atoms with Crippen molar-refractivity contribution in [3.63, 3.8) is 0 Å². The van der Waals surface area contributed by atoms with Crippen LogP contribution in [-0.4, -0.2) is 33.2 Å². The first-order valence-electron chi connectivity index (χ1n) is 4.67. The van der Waals surface area contributed by atoms with Gasteiger partial charge in [0.15, 0.2) is 0 Å². The second kappa shape index (κ2) is 5.82. The van der Waals surface area contributed by atoms with Crippen molar-refractivity contribution < 1.29 is 19.8 Å². The molecule has 0 aliphatic carbocycles. The Morgan fingerprint density at radius 3 is 2.62 bits per heavy atom. The molecule has 0 unspecified atom stereocenters. The van der Waals surface area contributed by atoms with Crippen molar-refractivity contribution in [2.45, 2.75) is 19.0 Å². The van der Waals surface area contributed by atoms with Gasteiger partial charge in [0.05, 0.1) is 12.1 Å². The smallest absolute Gasteiger partial charge is 0.321 e. The van der Waals surface area contributed by atoms with Crippen LogP contribution in [0.25, 0.3) is 0 Å². The summed E-state index contributed by atoms with van der Waals surface area (Å²) >= 11 is 0. The summed E-state index contributed by atoms with van der Waals surface area (Å²) in [6.07, 6.45) is 1.13. The highest BCUT2D eigenvalue weighted by Gasteiger charge is 2.20. The number of rotatable bonds is 6. The molecule has 0 fully saturated rings. The van der Waals surface area contributed by atoms with Crippen molar-refractivity contribution in [1.82, 2.24) is 10.3 Å². The number of hydrogen-bond donors (Lipinski definition) is 3. The van der Waals surface area contributed by atoms with Crippen LogP contribution in [0.5, 0.6) is 0 Å². The number of nitrogens with one attached hydrogen (secondary N) is 1. The maximum atomic E-state index is 10.7. The van der Waals surface area contributed by atoms with Gasteiger partial charge in [0.1, 0.15) is 6.04 Å². The first-order valence-corrected chi connectivity index (χ1v) is 4.67. The van der Waals surface area contributed by atoms with Crippen LogP contribution < -0.4 is 5.32 Å².